The molecule has 3 amide bonds. The third-order valence-electron chi connectivity index (χ3n) is 4.55. The van der Waals surface area contributed by atoms with E-state index in [2.05, 4.69) is 16.0 Å². The van der Waals surface area contributed by atoms with Gasteiger partial charge in [0.1, 0.15) is 11.9 Å². The van der Waals surface area contributed by atoms with Crippen molar-refractivity contribution in [3.63, 3.8) is 0 Å². The Hall–Kier alpha value is -3.43. The number of rotatable bonds is 7. The lowest BCUT2D eigenvalue weighted by Gasteiger charge is -2.28. The van der Waals surface area contributed by atoms with E-state index in [1.807, 2.05) is 0 Å². The van der Waals surface area contributed by atoms with Gasteiger partial charge in [-0.15, -0.1) is 0 Å². The highest BCUT2D eigenvalue weighted by atomic mass is 19.4. The number of nitrogens with one attached hydrogen (secondary N) is 3. The van der Waals surface area contributed by atoms with E-state index >= 15 is 0 Å². The van der Waals surface area contributed by atoms with E-state index < -0.39 is 46.9 Å². The first-order valence-corrected chi connectivity index (χ1v) is 9.23. The Morgan fingerprint density at radius 2 is 1.68 bits per heavy atom. The molecule has 0 aromatic heterocycles. The summed E-state index contributed by atoms with van der Waals surface area (Å²) in [5.41, 5.74) is -1.71. The van der Waals surface area contributed by atoms with Crippen LogP contribution >= 0.6 is 0 Å². The fourth-order valence-corrected chi connectivity index (χ4v) is 3.05. The second kappa shape index (κ2) is 10.1. The lowest BCUT2D eigenvalue weighted by atomic mass is 9.90. The van der Waals surface area contributed by atoms with Gasteiger partial charge in [-0.2, -0.15) is 13.2 Å². The number of amides is 3. The second-order valence-corrected chi connectivity index (χ2v) is 6.71. The molecule has 2 atom stereocenters. The molecule has 6 nitrogen and oxygen atoms in total. The first kappa shape index (κ1) is 23.8. The predicted molar refractivity (Wildman–Crippen MR) is 105 cm³/mol. The zero-order chi connectivity index (χ0) is 23.2. The highest BCUT2D eigenvalue weighted by Gasteiger charge is 2.37. The number of alkyl halides is 3. The topological polar surface area (TPSA) is 87.3 Å². The van der Waals surface area contributed by atoms with Crippen molar-refractivity contribution < 1.29 is 31.9 Å². The molecule has 0 bridgehead atoms. The summed E-state index contributed by atoms with van der Waals surface area (Å²) in [7, 11) is 1.31. The molecule has 3 N–H and O–H groups in total. The zero-order valence-corrected chi connectivity index (χ0v) is 16.7. The van der Waals surface area contributed by atoms with E-state index in [0.717, 1.165) is 6.07 Å². The SMILES string of the molecule is CNC(=O)C(NC(=O)c1ccc(F)cc1C(F)(F)F)[C@H](CNC(C)=O)c1ccccc1. The Labute approximate surface area is 176 Å². The molecular weight excluding hydrogens is 418 g/mol. The van der Waals surface area contributed by atoms with Crippen LogP contribution < -0.4 is 16.0 Å². The van der Waals surface area contributed by atoms with E-state index in [1.54, 1.807) is 30.3 Å². The lowest BCUT2D eigenvalue weighted by Crippen LogP contribution is -2.51. The molecule has 10 heteroatoms. The third kappa shape index (κ3) is 6.27. The van der Waals surface area contributed by atoms with Crippen LogP contribution in [-0.2, 0) is 15.8 Å². The van der Waals surface area contributed by atoms with E-state index in [-0.39, 0.29) is 18.5 Å². The van der Waals surface area contributed by atoms with Gasteiger partial charge in [0.25, 0.3) is 5.91 Å². The summed E-state index contributed by atoms with van der Waals surface area (Å²) in [5, 5.41) is 7.24. The molecule has 0 aliphatic carbocycles. The molecule has 0 saturated heterocycles. The van der Waals surface area contributed by atoms with Crippen molar-refractivity contribution in [3.8, 4) is 0 Å². The van der Waals surface area contributed by atoms with Crippen molar-refractivity contribution in [2.45, 2.75) is 25.1 Å². The number of hydrogen-bond acceptors (Lipinski definition) is 3. The molecule has 1 unspecified atom stereocenters. The van der Waals surface area contributed by atoms with Crippen LogP contribution in [0.4, 0.5) is 17.6 Å². The number of halogens is 4. The Kier molecular flexibility index (Phi) is 7.73. The largest absolute Gasteiger partial charge is 0.417 e. The van der Waals surface area contributed by atoms with Crippen LogP contribution in [0.25, 0.3) is 0 Å². The van der Waals surface area contributed by atoms with E-state index in [9.17, 15) is 31.9 Å². The van der Waals surface area contributed by atoms with Crippen molar-refractivity contribution in [3.05, 3.63) is 71.0 Å². The minimum atomic E-state index is -4.98. The van der Waals surface area contributed by atoms with Crippen LogP contribution in [0.5, 0.6) is 0 Å². The molecule has 0 saturated carbocycles. The second-order valence-electron chi connectivity index (χ2n) is 6.71. The molecule has 0 aliphatic heterocycles. The molecule has 2 aromatic carbocycles. The Morgan fingerprint density at radius 1 is 1.03 bits per heavy atom. The third-order valence-corrected chi connectivity index (χ3v) is 4.55. The number of carbonyl (C=O) groups is 3. The van der Waals surface area contributed by atoms with Crippen molar-refractivity contribution in [1.29, 1.82) is 0 Å². The van der Waals surface area contributed by atoms with E-state index in [0.29, 0.717) is 11.6 Å². The first-order chi connectivity index (χ1) is 14.5. The molecule has 0 spiro atoms. The van der Waals surface area contributed by atoms with Crippen molar-refractivity contribution in [2.24, 2.45) is 0 Å². The molecule has 2 aromatic rings. The van der Waals surface area contributed by atoms with E-state index in [4.69, 9.17) is 0 Å². The minimum Gasteiger partial charge on any atom is -0.357 e. The van der Waals surface area contributed by atoms with Gasteiger partial charge in [-0.3, -0.25) is 14.4 Å². The summed E-state index contributed by atoms with van der Waals surface area (Å²) in [6.07, 6.45) is -4.98. The van der Waals surface area contributed by atoms with Gasteiger partial charge >= 0.3 is 6.18 Å². The minimum absolute atomic E-state index is 0.0622. The van der Waals surface area contributed by atoms with Gasteiger partial charge in [-0.25, -0.2) is 4.39 Å². The van der Waals surface area contributed by atoms with Crippen LogP contribution in [0.15, 0.2) is 48.5 Å². The summed E-state index contributed by atoms with van der Waals surface area (Å²) in [6.45, 7) is 1.21. The maximum Gasteiger partial charge on any atom is 0.417 e. The van der Waals surface area contributed by atoms with Gasteiger partial charge in [-0.05, 0) is 23.8 Å². The lowest BCUT2D eigenvalue weighted by molar-refractivity contribution is -0.138. The van der Waals surface area contributed by atoms with Crippen LogP contribution in [-0.4, -0.2) is 37.4 Å². The summed E-state index contributed by atoms with van der Waals surface area (Å²) >= 11 is 0. The zero-order valence-electron chi connectivity index (χ0n) is 16.7. The maximum absolute atomic E-state index is 13.4. The number of likely N-dealkylation sites (N-methyl/N-ethyl adjacent to an activating group) is 1. The summed E-state index contributed by atoms with van der Waals surface area (Å²) < 4.78 is 53.3. The molecule has 0 aliphatic rings. The Bertz CT molecular complexity index is 949. The summed E-state index contributed by atoms with van der Waals surface area (Å²) in [5.74, 6) is -4.21. The molecule has 0 heterocycles. The van der Waals surface area contributed by atoms with Crippen molar-refractivity contribution in [1.82, 2.24) is 16.0 Å². The monoisotopic (exact) mass is 439 g/mol. The molecule has 2 rings (SSSR count). The van der Waals surface area contributed by atoms with Crippen molar-refractivity contribution in [2.75, 3.05) is 13.6 Å². The van der Waals surface area contributed by atoms with Gasteiger partial charge in [0.05, 0.1) is 11.1 Å². The number of hydrogen-bond donors (Lipinski definition) is 3. The normalized spacial score (nSPS) is 13.1. The fraction of sp³-hybridized carbons (Fsp3) is 0.286. The summed E-state index contributed by atoms with van der Waals surface area (Å²) in [6, 6.07) is 8.74. The fourth-order valence-electron chi connectivity index (χ4n) is 3.05. The van der Waals surface area contributed by atoms with E-state index in [1.165, 1.54) is 14.0 Å². The summed E-state index contributed by atoms with van der Waals surface area (Å²) in [4.78, 5) is 36.7. The van der Waals surface area contributed by atoms with Gasteiger partial charge in [0, 0.05) is 26.4 Å². The van der Waals surface area contributed by atoms with Gasteiger partial charge in [0.2, 0.25) is 11.8 Å². The van der Waals surface area contributed by atoms with Crippen molar-refractivity contribution >= 4 is 17.7 Å². The molecular formula is C21H21F4N3O3. The Balaban J connectivity index is 2.45. The van der Waals surface area contributed by atoms with Crippen LogP contribution in [0.3, 0.4) is 0 Å². The van der Waals surface area contributed by atoms with Crippen LogP contribution in [0.1, 0.15) is 34.3 Å². The van der Waals surface area contributed by atoms with Crippen LogP contribution in [0.2, 0.25) is 0 Å². The van der Waals surface area contributed by atoms with Crippen LogP contribution in [0, 0.1) is 5.82 Å². The molecule has 166 valence electrons. The average molecular weight is 439 g/mol. The number of benzene rings is 2. The maximum atomic E-state index is 13.4. The predicted octanol–water partition coefficient (Wildman–Crippen LogP) is 2.61. The smallest absolute Gasteiger partial charge is 0.357 e. The Morgan fingerprint density at radius 3 is 2.23 bits per heavy atom. The van der Waals surface area contributed by atoms with Gasteiger partial charge < -0.3 is 16.0 Å². The average Bonchev–Trinajstić information content (AvgIpc) is 2.72. The molecule has 0 fully saturated rings. The highest BCUT2D eigenvalue weighted by Crippen LogP contribution is 2.33. The first-order valence-electron chi connectivity index (χ1n) is 9.23. The van der Waals surface area contributed by atoms with Gasteiger partial charge in [-0.1, -0.05) is 30.3 Å². The van der Waals surface area contributed by atoms with Gasteiger partial charge in [0.15, 0.2) is 0 Å². The molecule has 31 heavy (non-hydrogen) atoms. The molecule has 0 radical (unpaired) electrons. The number of carbonyl (C=O) groups excluding carboxylic acids is 3. The highest BCUT2D eigenvalue weighted by molar-refractivity contribution is 5.99. The quantitative estimate of drug-likeness (QED) is 0.580. The standard InChI is InChI=1S/C21H21F4N3O3/c1-12(29)27-11-16(13-6-4-3-5-7-13)18(20(31)26-2)28-19(30)15-9-8-14(22)10-17(15)21(23,24)25/h3-10,16,18H,11H2,1-2H3,(H,26,31)(H,27,29)(H,28,30)/t16-,18?/m1/s1.